The zero-order valence-electron chi connectivity index (χ0n) is 20.2. The molecule has 1 aliphatic heterocycles. The molecule has 1 fully saturated rings. The van der Waals surface area contributed by atoms with E-state index >= 15 is 0 Å². The van der Waals surface area contributed by atoms with Gasteiger partial charge in [-0.05, 0) is 36.2 Å². The van der Waals surface area contributed by atoms with Gasteiger partial charge in [0.05, 0.1) is 30.2 Å². The average Bonchev–Trinajstić information content (AvgIpc) is 3.35. The lowest BCUT2D eigenvalue weighted by Gasteiger charge is -2.38. The van der Waals surface area contributed by atoms with Gasteiger partial charge in [-0.1, -0.05) is 12.1 Å². The van der Waals surface area contributed by atoms with Gasteiger partial charge in [-0.25, -0.2) is 4.98 Å². The highest BCUT2D eigenvalue weighted by atomic mass is 35.5. The molecule has 4 rings (SSSR count). The Morgan fingerprint density at radius 3 is 2.35 bits per heavy atom. The molecule has 1 unspecified atom stereocenters. The molecule has 0 radical (unpaired) electrons. The van der Waals surface area contributed by atoms with Crippen LogP contribution in [0.3, 0.4) is 0 Å². The van der Waals surface area contributed by atoms with Crippen molar-refractivity contribution in [1.29, 1.82) is 5.26 Å². The van der Waals surface area contributed by atoms with Crippen LogP contribution >= 0.6 is 24.8 Å². The number of ether oxygens (including phenoxy) is 2. The molecule has 3 aromatic rings. The van der Waals surface area contributed by atoms with Crippen molar-refractivity contribution in [1.82, 2.24) is 14.9 Å². The summed E-state index contributed by atoms with van der Waals surface area (Å²) in [5, 5.41) is 9.14. The van der Waals surface area contributed by atoms with E-state index in [1.165, 1.54) is 41.7 Å². The van der Waals surface area contributed by atoms with Gasteiger partial charge in [0, 0.05) is 31.0 Å². The Labute approximate surface area is 236 Å². The van der Waals surface area contributed by atoms with E-state index in [4.69, 9.17) is 5.26 Å². The lowest BCUT2D eigenvalue weighted by atomic mass is 9.99. The summed E-state index contributed by atoms with van der Waals surface area (Å²) in [7, 11) is 0. The number of nitriles is 1. The van der Waals surface area contributed by atoms with Crippen molar-refractivity contribution in [2.75, 3.05) is 24.5 Å². The van der Waals surface area contributed by atoms with Crippen LogP contribution in [0.1, 0.15) is 22.9 Å². The molecule has 1 aromatic heterocycles. The minimum Gasteiger partial charge on any atom is -0.406 e. The molecule has 0 aliphatic carbocycles. The SMILES string of the molecule is Cl.Cl.N#Cc1ccc(CC(c2cnc[nH]2)N2CCN(c3cccc(OC(F)(F)F)c3)C(=O)C2)cc1OC(F)(F)F. The first kappa shape index (κ1) is 32.5. The molecule has 2 heterocycles. The third-order valence-electron chi connectivity index (χ3n) is 5.75. The molecule has 8 nitrogen and oxygen atoms in total. The highest BCUT2D eigenvalue weighted by Gasteiger charge is 2.35. The fraction of sp³-hybridized carbons (Fsp3) is 0.292. The molecule has 1 aliphatic rings. The Bertz CT molecular complexity index is 1330. The van der Waals surface area contributed by atoms with Crippen LogP contribution in [0.15, 0.2) is 55.0 Å². The molecule has 1 atom stereocenters. The number of rotatable bonds is 7. The second-order valence-electron chi connectivity index (χ2n) is 8.28. The molecule has 1 N–H and O–H groups in total. The highest BCUT2D eigenvalue weighted by Crippen LogP contribution is 2.32. The van der Waals surface area contributed by atoms with Crippen molar-refractivity contribution in [3.63, 3.8) is 0 Å². The van der Waals surface area contributed by atoms with Crippen molar-refractivity contribution in [2.24, 2.45) is 0 Å². The van der Waals surface area contributed by atoms with Crippen molar-refractivity contribution in [3.8, 4) is 17.6 Å². The Balaban J connectivity index is 0.00000280. The third-order valence-corrected chi connectivity index (χ3v) is 5.75. The number of carbonyl (C=O) groups excluding carboxylic acids is 1. The number of alkyl halides is 6. The van der Waals surface area contributed by atoms with Gasteiger partial charge < -0.3 is 19.4 Å². The maximum atomic E-state index is 13.0. The number of aromatic nitrogens is 2. The van der Waals surface area contributed by atoms with E-state index in [1.54, 1.807) is 11.0 Å². The number of hydrogen-bond donors (Lipinski definition) is 1. The largest absolute Gasteiger partial charge is 0.573 e. The number of imidazole rings is 1. The fourth-order valence-electron chi connectivity index (χ4n) is 4.18. The van der Waals surface area contributed by atoms with Gasteiger partial charge in [-0.15, -0.1) is 51.2 Å². The number of nitrogens with one attached hydrogen (secondary N) is 1. The van der Waals surface area contributed by atoms with Gasteiger partial charge in [-0.3, -0.25) is 9.69 Å². The summed E-state index contributed by atoms with van der Waals surface area (Å²) >= 11 is 0. The molecule has 1 saturated heterocycles. The molecule has 1 amide bonds. The predicted molar refractivity (Wildman–Crippen MR) is 134 cm³/mol. The van der Waals surface area contributed by atoms with Crippen molar-refractivity contribution < 1.29 is 40.6 Å². The normalized spacial score (nSPS) is 14.9. The topological polar surface area (TPSA) is 94.5 Å². The van der Waals surface area contributed by atoms with Crippen LogP contribution in [0.4, 0.5) is 32.0 Å². The van der Waals surface area contributed by atoms with Crippen LogP contribution in [-0.4, -0.2) is 53.1 Å². The maximum absolute atomic E-state index is 13.0. The lowest BCUT2D eigenvalue weighted by Crippen LogP contribution is -2.51. The second-order valence-corrected chi connectivity index (χ2v) is 8.28. The van der Waals surface area contributed by atoms with Crippen molar-refractivity contribution in [3.05, 3.63) is 71.8 Å². The van der Waals surface area contributed by atoms with Crippen LogP contribution in [0, 0.1) is 11.3 Å². The molecule has 2 aromatic carbocycles. The van der Waals surface area contributed by atoms with E-state index in [0.717, 1.165) is 18.2 Å². The molecular weight excluding hydrogens is 591 g/mol. The Morgan fingerprint density at radius 1 is 1.02 bits per heavy atom. The van der Waals surface area contributed by atoms with Crippen LogP contribution in [0.25, 0.3) is 0 Å². The van der Waals surface area contributed by atoms with Crippen LogP contribution in [0.5, 0.6) is 11.5 Å². The minimum absolute atomic E-state index is 0. The lowest BCUT2D eigenvalue weighted by molar-refractivity contribution is -0.275. The van der Waals surface area contributed by atoms with E-state index in [-0.39, 0.29) is 55.6 Å². The Hall–Kier alpha value is -3.67. The first-order chi connectivity index (χ1) is 17.9. The molecule has 0 bridgehead atoms. The van der Waals surface area contributed by atoms with Gasteiger partial charge >= 0.3 is 12.7 Å². The number of piperazine rings is 1. The zero-order chi connectivity index (χ0) is 27.5. The summed E-state index contributed by atoms with van der Waals surface area (Å²) in [4.78, 5) is 23.1. The summed E-state index contributed by atoms with van der Waals surface area (Å²) < 4.78 is 84.2. The quantitative estimate of drug-likeness (QED) is 0.352. The summed E-state index contributed by atoms with van der Waals surface area (Å²) in [5.41, 5.74) is 0.949. The smallest absolute Gasteiger partial charge is 0.406 e. The summed E-state index contributed by atoms with van der Waals surface area (Å²) in [6.45, 7) is 0.299. The number of halogens is 8. The summed E-state index contributed by atoms with van der Waals surface area (Å²) in [6, 6.07) is 10.1. The van der Waals surface area contributed by atoms with Gasteiger partial charge in [0.1, 0.15) is 17.6 Å². The molecule has 40 heavy (non-hydrogen) atoms. The van der Waals surface area contributed by atoms with Gasteiger partial charge in [0.25, 0.3) is 0 Å². The van der Waals surface area contributed by atoms with E-state index in [1.807, 2.05) is 0 Å². The molecular formula is C24H21Cl2F6N5O3. The van der Waals surface area contributed by atoms with Crippen LogP contribution < -0.4 is 14.4 Å². The molecule has 216 valence electrons. The predicted octanol–water partition coefficient (Wildman–Crippen LogP) is 5.55. The zero-order valence-corrected chi connectivity index (χ0v) is 21.8. The number of nitrogens with zero attached hydrogens (tertiary/aromatic N) is 4. The van der Waals surface area contributed by atoms with Gasteiger partial charge in [-0.2, -0.15) is 5.26 Å². The third kappa shape index (κ3) is 8.41. The standard InChI is InChI=1S/C24H19F6N5O3.2ClH/c25-23(26,27)37-18-3-1-2-17(10-18)35-7-6-34(13-22(35)36)20(19-12-32-14-33-19)8-15-4-5-16(11-31)21(9-15)38-24(28,29)30;;/h1-5,9-10,12,14,20H,6-8,13H2,(H,32,33);2*1H. The maximum Gasteiger partial charge on any atom is 0.573 e. The van der Waals surface area contributed by atoms with E-state index in [0.29, 0.717) is 17.8 Å². The Morgan fingerprint density at radius 2 is 1.75 bits per heavy atom. The highest BCUT2D eigenvalue weighted by molar-refractivity contribution is 5.95. The number of H-pyrrole nitrogens is 1. The number of amides is 1. The second kappa shape index (κ2) is 13.1. The number of benzene rings is 2. The Kier molecular flexibility index (Phi) is 10.7. The number of aromatic amines is 1. The molecule has 0 spiro atoms. The first-order valence-corrected chi connectivity index (χ1v) is 11.1. The van der Waals surface area contributed by atoms with Crippen LogP contribution in [-0.2, 0) is 11.2 Å². The summed E-state index contributed by atoms with van der Waals surface area (Å²) in [6.07, 6.45) is -6.78. The van der Waals surface area contributed by atoms with Crippen molar-refractivity contribution in [2.45, 2.75) is 25.2 Å². The molecule has 0 saturated carbocycles. The minimum atomic E-state index is -4.99. The van der Waals surface area contributed by atoms with Gasteiger partial charge in [0.2, 0.25) is 5.91 Å². The summed E-state index contributed by atoms with van der Waals surface area (Å²) in [5.74, 6) is -1.49. The van der Waals surface area contributed by atoms with Gasteiger partial charge in [0.15, 0.2) is 0 Å². The van der Waals surface area contributed by atoms with Crippen LogP contribution in [0.2, 0.25) is 0 Å². The average molecular weight is 612 g/mol. The number of carbonyl (C=O) groups is 1. The monoisotopic (exact) mass is 611 g/mol. The number of anilines is 1. The molecule has 16 heteroatoms. The van der Waals surface area contributed by atoms with E-state index < -0.39 is 36.2 Å². The van der Waals surface area contributed by atoms with E-state index in [9.17, 15) is 31.1 Å². The fourth-order valence-corrected chi connectivity index (χ4v) is 4.18. The first-order valence-electron chi connectivity index (χ1n) is 11.1. The van der Waals surface area contributed by atoms with Crippen molar-refractivity contribution >= 4 is 36.4 Å². The van der Waals surface area contributed by atoms with E-state index in [2.05, 4.69) is 19.4 Å². The number of hydrogen-bond acceptors (Lipinski definition) is 6.